The summed E-state index contributed by atoms with van der Waals surface area (Å²) in [7, 11) is 0. The molecule has 0 atom stereocenters. The van der Waals surface area contributed by atoms with Gasteiger partial charge in [-0.2, -0.15) is 0 Å². The summed E-state index contributed by atoms with van der Waals surface area (Å²) in [5, 5.41) is 9.79. The Morgan fingerprint density at radius 3 is 2.80 bits per heavy atom. The smallest absolute Gasteiger partial charge is 0.454 e. The predicted octanol–water partition coefficient (Wildman–Crippen LogP) is 0.696. The van der Waals surface area contributed by atoms with Crippen molar-refractivity contribution in [2.24, 2.45) is 0 Å². The lowest BCUT2D eigenvalue weighted by Crippen LogP contribution is -2.09. The van der Waals surface area contributed by atoms with Gasteiger partial charge in [-0.15, -0.1) is 0 Å². The van der Waals surface area contributed by atoms with Crippen molar-refractivity contribution in [2.45, 2.75) is 0 Å². The molecular weight excluding hydrogens is 138 g/mol. The Labute approximate surface area is 55.4 Å². The van der Waals surface area contributed by atoms with E-state index in [1.807, 2.05) is 0 Å². The largest absolute Gasteiger partial charge is 0.511 e. The van der Waals surface area contributed by atoms with Crippen molar-refractivity contribution in [1.82, 2.24) is 0 Å². The molecule has 1 aromatic rings. The molecule has 0 saturated heterocycles. The molecule has 0 N–H and O–H groups in total. The Kier molecular flexibility index (Phi) is 1.49. The van der Waals surface area contributed by atoms with Gasteiger partial charge in [0.25, 0.3) is 0 Å². The van der Waals surface area contributed by atoms with Crippen LogP contribution in [-0.2, 0) is 0 Å². The van der Waals surface area contributed by atoms with Crippen LogP contribution in [0.25, 0.3) is 0 Å². The van der Waals surface area contributed by atoms with Gasteiger partial charge in [0, 0.05) is 0 Å². The van der Waals surface area contributed by atoms with Crippen LogP contribution in [0.15, 0.2) is 22.8 Å². The number of hydrogen-bond donors (Lipinski definition) is 0. The van der Waals surface area contributed by atoms with Crippen LogP contribution in [0.3, 0.4) is 0 Å². The maximum atomic E-state index is 10.4. The number of nitrogens with zero attached hydrogens (tertiary/aromatic N) is 1. The molecule has 52 valence electrons. The number of hydrogen-bond acceptors (Lipinski definition) is 4. The molecule has 0 aliphatic rings. The zero-order valence-electron chi connectivity index (χ0n) is 4.81. The first kappa shape index (κ1) is 6.47. The maximum absolute atomic E-state index is 10.4. The molecule has 0 fully saturated rings. The van der Waals surface area contributed by atoms with Crippen LogP contribution >= 0.6 is 0 Å². The Morgan fingerprint density at radius 1 is 1.70 bits per heavy atom. The molecule has 0 aliphatic heterocycles. The van der Waals surface area contributed by atoms with Crippen LogP contribution in [0.2, 0.25) is 0 Å². The van der Waals surface area contributed by atoms with Gasteiger partial charge in [-0.25, -0.2) is 4.79 Å². The Bertz CT molecular complexity index is 251. The Balaban J connectivity index is 2.88. The average Bonchev–Trinajstić information content (AvgIpc) is 2.36. The molecule has 0 aromatic carbocycles. The minimum Gasteiger partial charge on any atom is -0.454 e. The van der Waals surface area contributed by atoms with Gasteiger partial charge in [-0.05, 0) is 12.1 Å². The highest BCUT2D eigenvalue weighted by Crippen LogP contribution is 2.00. The highest BCUT2D eigenvalue weighted by molar-refractivity contribution is 5.84. The quantitative estimate of drug-likeness (QED) is 0.426. The first-order chi connectivity index (χ1) is 4.72. The minimum absolute atomic E-state index is 0.245. The zero-order valence-corrected chi connectivity index (χ0v) is 4.81. The fourth-order valence-corrected chi connectivity index (χ4v) is 0.490. The molecule has 0 radical (unpaired) electrons. The number of furan rings is 1. The third-order valence-electron chi connectivity index (χ3n) is 0.898. The maximum Gasteiger partial charge on any atom is 0.511 e. The van der Waals surface area contributed by atoms with Gasteiger partial charge in [0.2, 0.25) is 5.76 Å². The predicted molar refractivity (Wildman–Crippen MR) is 30.0 cm³/mol. The highest BCUT2D eigenvalue weighted by atomic mass is 16.6. The van der Waals surface area contributed by atoms with E-state index < -0.39 is 10.8 Å². The van der Waals surface area contributed by atoms with Crippen molar-refractivity contribution in [1.29, 1.82) is 0 Å². The van der Waals surface area contributed by atoms with Crippen LogP contribution in [0.4, 0.5) is 0 Å². The second kappa shape index (κ2) is 2.30. The monoisotopic (exact) mass is 141 g/mol. The van der Waals surface area contributed by atoms with Crippen molar-refractivity contribution in [2.75, 3.05) is 0 Å². The number of carbonyl (C=O) groups excluding carboxylic acids is 1. The first-order valence-electron chi connectivity index (χ1n) is 2.44. The molecule has 5 nitrogen and oxygen atoms in total. The zero-order chi connectivity index (χ0) is 7.56. The highest BCUT2D eigenvalue weighted by Gasteiger charge is 2.20. The lowest BCUT2D eigenvalue weighted by atomic mass is 10.4. The molecule has 1 aromatic heterocycles. The molecule has 0 saturated carbocycles. The molecule has 1 heterocycles. The molecular formula is C5H3NO4. The second-order valence-electron chi connectivity index (χ2n) is 1.54. The lowest BCUT2D eigenvalue weighted by molar-refractivity contribution is -0.376. The standard InChI is InChI=1S/C5H3NO4/c7-5(6(8)9)4-2-1-3-10-4/h1-3H. The average molecular weight is 141 g/mol. The summed E-state index contributed by atoms with van der Waals surface area (Å²) in [6.07, 6.45) is 1.21. The summed E-state index contributed by atoms with van der Waals surface area (Å²) in [5.41, 5.74) is 0. The van der Waals surface area contributed by atoms with Crippen molar-refractivity contribution >= 4 is 5.91 Å². The fraction of sp³-hybridized carbons (Fsp3) is 0. The summed E-state index contributed by atoms with van der Waals surface area (Å²) in [4.78, 5) is 19.2. The molecule has 0 aliphatic carbocycles. The Hall–Kier alpha value is -1.65. The molecule has 5 heteroatoms. The van der Waals surface area contributed by atoms with Gasteiger partial charge in [0.1, 0.15) is 4.92 Å². The number of amides is 1. The van der Waals surface area contributed by atoms with E-state index in [4.69, 9.17) is 0 Å². The second-order valence-corrected chi connectivity index (χ2v) is 1.54. The third-order valence-corrected chi connectivity index (χ3v) is 0.898. The van der Waals surface area contributed by atoms with Gasteiger partial charge in [-0.3, -0.25) is 10.1 Å². The minimum atomic E-state index is -1.22. The summed E-state index contributed by atoms with van der Waals surface area (Å²) < 4.78 is 4.47. The van der Waals surface area contributed by atoms with E-state index in [9.17, 15) is 14.9 Å². The lowest BCUT2D eigenvalue weighted by Gasteiger charge is -1.81. The van der Waals surface area contributed by atoms with Crippen LogP contribution in [0.1, 0.15) is 10.6 Å². The number of nitro groups is 1. The number of rotatable bonds is 1. The molecule has 0 spiro atoms. The van der Waals surface area contributed by atoms with E-state index >= 15 is 0 Å². The van der Waals surface area contributed by atoms with Gasteiger partial charge >= 0.3 is 5.91 Å². The Morgan fingerprint density at radius 2 is 2.40 bits per heavy atom. The summed E-state index contributed by atoms with van der Waals surface area (Å²) >= 11 is 0. The van der Waals surface area contributed by atoms with Crippen molar-refractivity contribution in [3.05, 3.63) is 34.3 Å². The van der Waals surface area contributed by atoms with Crippen molar-refractivity contribution < 1.29 is 14.1 Å². The van der Waals surface area contributed by atoms with Gasteiger partial charge in [0.15, 0.2) is 0 Å². The topological polar surface area (TPSA) is 73.3 Å². The van der Waals surface area contributed by atoms with E-state index in [0.29, 0.717) is 0 Å². The van der Waals surface area contributed by atoms with Crippen molar-refractivity contribution in [3.8, 4) is 0 Å². The molecule has 10 heavy (non-hydrogen) atoms. The van der Waals surface area contributed by atoms with Crippen LogP contribution in [-0.4, -0.2) is 10.8 Å². The fourth-order valence-electron chi connectivity index (χ4n) is 0.490. The van der Waals surface area contributed by atoms with E-state index in [1.165, 1.54) is 18.4 Å². The van der Waals surface area contributed by atoms with Crippen LogP contribution in [0.5, 0.6) is 0 Å². The van der Waals surface area contributed by atoms with E-state index in [2.05, 4.69) is 4.42 Å². The van der Waals surface area contributed by atoms with Crippen LogP contribution in [0, 0.1) is 10.1 Å². The summed E-state index contributed by atoms with van der Waals surface area (Å²) in [6.45, 7) is 0. The number of carbonyl (C=O) groups is 1. The normalized spacial score (nSPS) is 9.20. The van der Waals surface area contributed by atoms with Crippen molar-refractivity contribution in [3.63, 3.8) is 0 Å². The van der Waals surface area contributed by atoms with E-state index in [1.54, 1.807) is 0 Å². The van der Waals surface area contributed by atoms with Gasteiger partial charge in [0.05, 0.1) is 6.26 Å². The SMILES string of the molecule is O=C(c1ccco1)[N+](=O)[O-]. The summed E-state index contributed by atoms with van der Waals surface area (Å²) in [6, 6.07) is 2.65. The van der Waals surface area contributed by atoms with E-state index in [-0.39, 0.29) is 5.76 Å². The van der Waals surface area contributed by atoms with E-state index in [0.717, 1.165) is 0 Å². The third kappa shape index (κ3) is 1.02. The van der Waals surface area contributed by atoms with Crippen LogP contribution < -0.4 is 0 Å². The first-order valence-corrected chi connectivity index (χ1v) is 2.44. The molecule has 0 bridgehead atoms. The van der Waals surface area contributed by atoms with Gasteiger partial charge in [-0.1, -0.05) is 0 Å². The molecule has 1 amide bonds. The molecule has 1 rings (SSSR count). The summed E-state index contributed by atoms with van der Waals surface area (Å²) in [5.74, 6) is -1.46. The van der Waals surface area contributed by atoms with Gasteiger partial charge < -0.3 is 4.42 Å². The molecule has 0 unspecified atom stereocenters.